The van der Waals surface area contributed by atoms with Gasteiger partial charge in [0.1, 0.15) is 0 Å². The van der Waals surface area contributed by atoms with Crippen molar-refractivity contribution < 1.29 is 59.4 Å². The molecule has 0 aliphatic carbocycles. The van der Waals surface area contributed by atoms with Gasteiger partial charge in [0.25, 0.3) is 0 Å². The van der Waals surface area contributed by atoms with Gasteiger partial charge in [-0.15, -0.1) is 0 Å². The lowest BCUT2D eigenvalue weighted by molar-refractivity contribution is -0.293. The molecule has 0 saturated heterocycles. The van der Waals surface area contributed by atoms with Crippen molar-refractivity contribution >= 4 is 130 Å². The van der Waals surface area contributed by atoms with Gasteiger partial charge >= 0.3 is 0 Å². The second kappa shape index (κ2) is 14.1. The fraction of sp³-hybridized carbons (Fsp3) is 0.800. The van der Waals surface area contributed by atoms with Gasteiger partial charge < -0.3 is 30.6 Å². The number of ketones is 6. The van der Waals surface area contributed by atoms with Crippen LogP contribution in [-0.2, 0) is 28.8 Å². The molecule has 0 rings (SSSR count). The van der Waals surface area contributed by atoms with Crippen LogP contribution in [0.15, 0.2) is 0 Å². The Labute approximate surface area is 330 Å². The number of hydrogen-bond donors (Lipinski definition) is 6. The zero-order valence-corrected chi connectivity index (χ0v) is 38.1. The number of carbonyl (C=O) groups excluding carboxylic acids is 6. The summed E-state index contributed by atoms with van der Waals surface area (Å²) in [4.78, 5) is 87.1. The van der Waals surface area contributed by atoms with E-state index in [0.717, 1.165) is 83.1 Å². The molecule has 18 heteroatoms. The van der Waals surface area contributed by atoms with Crippen molar-refractivity contribution in [2.75, 3.05) is 6.61 Å². The summed E-state index contributed by atoms with van der Waals surface area (Å²) in [5.74, 6) is -11.1. The Balaban J connectivity index is 10.0. The van der Waals surface area contributed by atoms with Crippen LogP contribution in [0, 0.1) is 0 Å². The first-order chi connectivity index (χ1) is 20.5. The average Bonchev–Trinajstić information content (AvgIpc) is 2.88. The minimum absolute atomic E-state index is 0.994. The summed E-state index contributed by atoms with van der Waals surface area (Å²) in [6.45, 7) is 10.6. The molecule has 0 aromatic carbocycles. The molecule has 0 aliphatic rings. The van der Waals surface area contributed by atoms with E-state index >= 15 is 0 Å². The second-order valence-corrected chi connectivity index (χ2v) is 26.6. The molecule has 48 heavy (non-hydrogen) atoms. The van der Waals surface area contributed by atoms with Crippen LogP contribution < -0.4 is 0 Å². The molecular weight excluding hydrogens is 1030 g/mol. The molecule has 0 spiro atoms. The molecule has 0 radical (unpaired) electrons. The molecule has 0 unspecified atom stereocenters. The number of alkyl halides is 6. The molecule has 0 fully saturated rings. The average molecular weight is 1080 g/mol. The van der Waals surface area contributed by atoms with E-state index in [9.17, 15) is 59.4 Å². The Morgan fingerprint density at radius 3 is 0.792 bits per heavy atom. The first-order valence-electron chi connectivity index (χ1n) is 14.1. The van der Waals surface area contributed by atoms with E-state index in [0.29, 0.717) is 0 Å². The van der Waals surface area contributed by atoms with Crippen LogP contribution in [0.25, 0.3) is 0 Å². The lowest BCUT2D eigenvalue weighted by atomic mass is 9.49. The number of aliphatic hydroxyl groups is 6. The van der Waals surface area contributed by atoms with E-state index in [1.165, 1.54) is 0 Å². The molecule has 0 aliphatic heterocycles. The molecule has 6 N–H and O–H groups in total. The topological polar surface area (TPSA) is 224 Å². The van der Waals surface area contributed by atoms with Gasteiger partial charge in [0, 0.05) is 0 Å². The monoisotopic (exact) mass is 1070 g/mol. The maximum atomic E-state index is 14.8. The Hall–Kier alpha value is 0.660. The SMILES string of the molecule is CC(C)(Br)C(=O)C(O)(C(=O)C(C)(C)Br)[C@](O)(C(=O)C(C)(C)Br)[C@](O)(C(=O)C(C)(C)Br)[C@@](O)(C(=O)C(C)(C)Br)[C@](O)(CO)C(=O)C(C)(C)Br. The molecule has 0 aromatic rings. The number of Topliss-reactive ketones (excluding diaryl/α,β-unsaturated/α-hetero) is 6. The summed E-state index contributed by atoms with van der Waals surface area (Å²) in [7, 11) is 0. The quantitative estimate of drug-likeness (QED) is 0.0914. The number of rotatable bonds is 17. The molecule has 0 aromatic heterocycles. The third-order valence-corrected chi connectivity index (χ3v) is 9.82. The van der Waals surface area contributed by atoms with Crippen molar-refractivity contribution in [1.82, 2.24) is 0 Å². The lowest BCUT2D eigenvalue weighted by Gasteiger charge is -2.60. The van der Waals surface area contributed by atoms with E-state index in [4.69, 9.17) is 0 Å². The smallest absolute Gasteiger partial charge is 0.223 e. The van der Waals surface area contributed by atoms with Gasteiger partial charge in [-0.05, 0) is 83.1 Å². The van der Waals surface area contributed by atoms with Crippen LogP contribution in [0.5, 0.6) is 0 Å². The van der Waals surface area contributed by atoms with Crippen LogP contribution in [0.2, 0.25) is 0 Å². The fourth-order valence-electron chi connectivity index (χ4n) is 5.26. The molecule has 278 valence electrons. The second-order valence-electron chi connectivity index (χ2n) is 14.7. The standard InChI is InChI=1S/C30H44Br6O12/c1-20(2,31)14(38)26(44,13-37)28(46,17(41)23(7,8)34)30(48,19(43)25(11,12)36)29(47,18(42)24(9,10)35)27(45,15(39)21(3,4)32)16(40)22(5,6)33/h37,44-48H,13H2,1-12H3/t26-,28+,29+,30-/m0/s1. The van der Waals surface area contributed by atoms with Crippen LogP contribution in [0.4, 0.5) is 0 Å². The first-order valence-corrected chi connectivity index (χ1v) is 18.9. The van der Waals surface area contributed by atoms with E-state index in [-0.39, 0.29) is 0 Å². The van der Waals surface area contributed by atoms with Gasteiger partial charge in [0.2, 0.25) is 22.4 Å². The molecule has 12 nitrogen and oxygen atoms in total. The highest BCUT2D eigenvalue weighted by molar-refractivity contribution is 9.11. The zero-order valence-electron chi connectivity index (χ0n) is 28.6. The number of aliphatic hydroxyl groups excluding tert-OH is 1. The Morgan fingerprint density at radius 2 is 0.583 bits per heavy atom. The molecule has 0 heterocycles. The van der Waals surface area contributed by atoms with E-state index in [1.807, 2.05) is 0 Å². The number of halogens is 6. The van der Waals surface area contributed by atoms with Crippen molar-refractivity contribution in [3.8, 4) is 0 Å². The highest BCUT2D eigenvalue weighted by Crippen LogP contribution is 2.55. The maximum absolute atomic E-state index is 14.8. The summed E-state index contributed by atoms with van der Waals surface area (Å²) in [5.41, 5.74) is -22.5. The third kappa shape index (κ3) is 7.80. The molecule has 0 amide bonds. The van der Waals surface area contributed by atoms with Crippen LogP contribution in [-0.4, -0.2) is 126 Å². The van der Waals surface area contributed by atoms with Gasteiger partial charge in [-0.3, -0.25) is 28.8 Å². The van der Waals surface area contributed by atoms with E-state index in [2.05, 4.69) is 95.6 Å². The van der Waals surface area contributed by atoms with Crippen molar-refractivity contribution in [2.45, 2.75) is 137 Å². The predicted molar refractivity (Wildman–Crippen MR) is 200 cm³/mol. The van der Waals surface area contributed by atoms with Crippen molar-refractivity contribution in [1.29, 1.82) is 0 Å². The molecule has 0 saturated carbocycles. The fourth-order valence-corrected chi connectivity index (χ4v) is 7.02. The minimum atomic E-state index is -4.79. The van der Waals surface area contributed by atoms with Crippen LogP contribution in [0.1, 0.15) is 83.1 Å². The molecular formula is C30H44Br6O12. The Bertz CT molecular complexity index is 1330. The summed E-state index contributed by atoms with van der Waals surface area (Å²) < 4.78 is -12.9. The van der Waals surface area contributed by atoms with Crippen molar-refractivity contribution in [3.63, 3.8) is 0 Å². The van der Waals surface area contributed by atoms with Crippen LogP contribution >= 0.6 is 95.6 Å². The summed E-state index contributed by atoms with van der Waals surface area (Å²) in [6, 6.07) is 0. The highest BCUT2D eigenvalue weighted by Gasteiger charge is 2.88. The molecule has 0 bridgehead atoms. The van der Waals surface area contributed by atoms with E-state index in [1.54, 1.807) is 0 Å². The highest BCUT2D eigenvalue weighted by atomic mass is 79.9. The maximum Gasteiger partial charge on any atom is 0.223 e. The zero-order chi connectivity index (χ0) is 39.7. The predicted octanol–water partition coefficient (Wildman–Crippen LogP) is 3.09. The molecule has 4 atom stereocenters. The minimum Gasteiger partial charge on any atom is -0.393 e. The lowest BCUT2D eigenvalue weighted by Crippen LogP contribution is -2.93. The number of hydrogen-bond acceptors (Lipinski definition) is 12. The Kier molecular flexibility index (Phi) is 14.3. The summed E-state index contributed by atoms with van der Waals surface area (Å²) >= 11 is 17.8. The number of carbonyl (C=O) groups is 6. The Morgan fingerprint density at radius 1 is 0.375 bits per heavy atom. The van der Waals surface area contributed by atoms with Crippen molar-refractivity contribution in [3.05, 3.63) is 0 Å². The van der Waals surface area contributed by atoms with Gasteiger partial charge in [0.15, 0.2) is 40.3 Å². The van der Waals surface area contributed by atoms with Gasteiger partial charge in [-0.1, -0.05) is 95.6 Å². The van der Waals surface area contributed by atoms with Gasteiger partial charge in [0.05, 0.1) is 32.6 Å². The summed E-state index contributed by atoms with van der Waals surface area (Å²) in [5, 5.41) is 74.7. The van der Waals surface area contributed by atoms with Gasteiger partial charge in [-0.25, -0.2) is 0 Å². The first kappa shape index (κ1) is 48.7. The van der Waals surface area contributed by atoms with E-state index < -0.39 is 95.3 Å². The summed E-state index contributed by atoms with van der Waals surface area (Å²) in [6.07, 6.45) is 0. The van der Waals surface area contributed by atoms with Gasteiger partial charge in [-0.2, -0.15) is 0 Å². The largest absolute Gasteiger partial charge is 0.393 e. The van der Waals surface area contributed by atoms with Crippen molar-refractivity contribution in [2.24, 2.45) is 0 Å². The third-order valence-electron chi connectivity index (χ3n) is 7.66. The van der Waals surface area contributed by atoms with Crippen LogP contribution in [0.3, 0.4) is 0 Å². The normalized spacial score (nSPS) is 19.2.